The summed E-state index contributed by atoms with van der Waals surface area (Å²) in [5, 5.41) is 0. The van der Waals surface area contributed by atoms with Crippen LogP contribution in [0.15, 0.2) is 18.2 Å². The molecular formula is C13H17NO3. The minimum absolute atomic E-state index is 0.0143. The largest absolute Gasteiger partial charge is 0.486 e. The molecule has 2 aliphatic heterocycles. The van der Waals surface area contributed by atoms with Crippen LogP contribution in [0.5, 0.6) is 11.5 Å². The molecular weight excluding hydrogens is 218 g/mol. The number of ether oxygens (including phenoxy) is 3. The van der Waals surface area contributed by atoms with Crippen LogP contribution in [-0.2, 0) is 4.74 Å². The highest BCUT2D eigenvalue weighted by Crippen LogP contribution is 2.35. The summed E-state index contributed by atoms with van der Waals surface area (Å²) >= 11 is 0. The predicted molar refractivity (Wildman–Crippen MR) is 63.3 cm³/mol. The Bertz CT molecular complexity index is 408. The summed E-state index contributed by atoms with van der Waals surface area (Å²) in [5.74, 6) is 1.61. The van der Waals surface area contributed by atoms with Crippen LogP contribution in [0.1, 0.15) is 24.5 Å². The van der Waals surface area contributed by atoms with Gasteiger partial charge in [0.25, 0.3) is 0 Å². The lowest BCUT2D eigenvalue weighted by Crippen LogP contribution is -2.34. The summed E-state index contributed by atoms with van der Waals surface area (Å²) in [5.41, 5.74) is 7.17. The summed E-state index contributed by atoms with van der Waals surface area (Å²) in [7, 11) is 0. The molecule has 2 aliphatic rings. The van der Waals surface area contributed by atoms with Crippen LogP contribution in [0.2, 0.25) is 0 Å². The van der Waals surface area contributed by atoms with Crippen LogP contribution in [0.3, 0.4) is 0 Å². The van der Waals surface area contributed by atoms with Crippen LogP contribution in [0.25, 0.3) is 0 Å². The SMILES string of the molecule is NC1CCCOC1c1ccc2c(c1)OCCO2. The zero-order valence-corrected chi connectivity index (χ0v) is 9.72. The first-order valence-electron chi connectivity index (χ1n) is 6.11. The van der Waals surface area contributed by atoms with Crippen LogP contribution in [-0.4, -0.2) is 25.9 Å². The van der Waals surface area contributed by atoms with Gasteiger partial charge in [-0.05, 0) is 30.5 Å². The Kier molecular flexibility index (Phi) is 2.91. The molecule has 2 atom stereocenters. The van der Waals surface area contributed by atoms with Crippen LogP contribution >= 0.6 is 0 Å². The third kappa shape index (κ3) is 2.10. The number of rotatable bonds is 1. The Morgan fingerprint density at radius 1 is 1.06 bits per heavy atom. The Morgan fingerprint density at radius 3 is 2.71 bits per heavy atom. The summed E-state index contributed by atoms with van der Waals surface area (Å²) in [4.78, 5) is 0. The van der Waals surface area contributed by atoms with Crippen molar-refractivity contribution in [2.24, 2.45) is 5.73 Å². The first kappa shape index (κ1) is 10.9. The topological polar surface area (TPSA) is 53.7 Å². The number of hydrogen-bond acceptors (Lipinski definition) is 4. The molecule has 0 saturated carbocycles. The van der Waals surface area contributed by atoms with Gasteiger partial charge in [-0.3, -0.25) is 0 Å². The molecule has 0 amide bonds. The van der Waals surface area contributed by atoms with E-state index in [-0.39, 0.29) is 12.1 Å². The van der Waals surface area contributed by atoms with E-state index in [0.717, 1.165) is 36.5 Å². The minimum Gasteiger partial charge on any atom is -0.486 e. The van der Waals surface area contributed by atoms with Gasteiger partial charge in [0.15, 0.2) is 11.5 Å². The molecule has 17 heavy (non-hydrogen) atoms. The summed E-state index contributed by atoms with van der Waals surface area (Å²) in [6.45, 7) is 2.01. The average Bonchev–Trinajstić information content (AvgIpc) is 2.39. The fourth-order valence-corrected chi connectivity index (χ4v) is 2.38. The quantitative estimate of drug-likeness (QED) is 0.804. The predicted octanol–water partition coefficient (Wildman–Crippen LogP) is 1.64. The molecule has 92 valence electrons. The normalized spacial score (nSPS) is 27.8. The standard InChI is InChI=1S/C13H17NO3/c14-10-2-1-5-17-13(10)9-3-4-11-12(8-9)16-7-6-15-11/h3-4,8,10,13H,1-2,5-7,14H2. The summed E-state index contributed by atoms with van der Waals surface area (Å²) in [6.07, 6.45) is 2.04. The first-order valence-corrected chi connectivity index (χ1v) is 6.11. The monoisotopic (exact) mass is 235 g/mol. The Balaban J connectivity index is 1.87. The summed E-state index contributed by atoms with van der Waals surface area (Å²) < 4.78 is 16.8. The van der Waals surface area contributed by atoms with Crippen molar-refractivity contribution in [2.45, 2.75) is 25.0 Å². The number of nitrogens with two attached hydrogens (primary N) is 1. The fourth-order valence-electron chi connectivity index (χ4n) is 2.38. The molecule has 2 heterocycles. The van der Waals surface area contributed by atoms with Gasteiger partial charge >= 0.3 is 0 Å². The Morgan fingerprint density at radius 2 is 1.88 bits per heavy atom. The molecule has 3 rings (SSSR count). The van der Waals surface area contributed by atoms with Gasteiger partial charge < -0.3 is 19.9 Å². The number of benzene rings is 1. The van der Waals surface area contributed by atoms with E-state index in [2.05, 4.69) is 0 Å². The zero-order chi connectivity index (χ0) is 11.7. The van der Waals surface area contributed by atoms with Crippen molar-refractivity contribution >= 4 is 0 Å². The van der Waals surface area contributed by atoms with Gasteiger partial charge in [-0.25, -0.2) is 0 Å². The maximum absolute atomic E-state index is 6.09. The maximum Gasteiger partial charge on any atom is 0.161 e. The molecule has 0 spiro atoms. The zero-order valence-electron chi connectivity index (χ0n) is 9.72. The number of fused-ring (bicyclic) bond motifs is 1. The second-order valence-electron chi connectivity index (χ2n) is 4.50. The van der Waals surface area contributed by atoms with E-state index in [4.69, 9.17) is 19.9 Å². The van der Waals surface area contributed by atoms with Crippen molar-refractivity contribution in [3.63, 3.8) is 0 Å². The average molecular weight is 235 g/mol. The highest BCUT2D eigenvalue weighted by molar-refractivity contribution is 5.44. The second kappa shape index (κ2) is 4.55. The van der Waals surface area contributed by atoms with E-state index < -0.39 is 0 Å². The molecule has 0 radical (unpaired) electrons. The lowest BCUT2D eigenvalue weighted by Gasteiger charge is -2.30. The smallest absolute Gasteiger partial charge is 0.161 e. The third-order valence-corrected chi connectivity index (χ3v) is 3.26. The Labute approximate surface area is 101 Å². The van der Waals surface area contributed by atoms with E-state index >= 15 is 0 Å². The van der Waals surface area contributed by atoms with Gasteiger partial charge in [0, 0.05) is 12.6 Å². The van der Waals surface area contributed by atoms with E-state index in [0.29, 0.717) is 13.2 Å². The van der Waals surface area contributed by atoms with Gasteiger partial charge in [0.2, 0.25) is 0 Å². The van der Waals surface area contributed by atoms with Crippen LogP contribution in [0.4, 0.5) is 0 Å². The van der Waals surface area contributed by atoms with E-state index in [9.17, 15) is 0 Å². The molecule has 0 aliphatic carbocycles. The third-order valence-electron chi connectivity index (χ3n) is 3.26. The van der Waals surface area contributed by atoms with Crippen LogP contribution < -0.4 is 15.2 Å². The molecule has 1 aromatic rings. The molecule has 0 aromatic heterocycles. The molecule has 4 nitrogen and oxygen atoms in total. The minimum atomic E-state index is -0.0143. The lowest BCUT2D eigenvalue weighted by atomic mass is 9.96. The van der Waals surface area contributed by atoms with E-state index in [1.807, 2.05) is 18.2 Å². The van der Waals surface area contributed by atoms with Crippen molar-refractivity contribution in [3.05, 3.63) is 23.8 Å². The molecule has 2 unspecified atom stereocenters. The molecule has 4 heteroatoms. The second-order valence-corrected chi connectivity index (χ2v) is 4.50. The van der Waals surface area contributed by atoms with Gasteiger partial charge in [-0.15, -0.1) is 0 Å². The van der Waals surface area contributed by atoms with Gasteiger partial charge in [0.05, 0.1) is 6.10 Å². The molecule has 1 aromatic carbocycles. The van der Waals surface area contributed by atoms with Crippen molar-refractivity contribution in [1.82, 2.24) is 0 Å². The molecule has 1 saturated heterocycles. The fraction of sp³-hybridized carbons (Fsp3) is 0.538. The van der Waals surface area contributed by atoms with E-state index in [1.165, 1.54) is 0 Å². The van der Waals surface area contributed by atoms with Gasteiger partial charge in [-0.1, -0.05) is 6.07 Å². The van der Waals surface area contributed by atoms with Crippen LogP contribution in [0, 0.1) is 0 Å². The molecule has 2 N–H and O–H groups in total. The van der Waals surface area contributed by atoms with E-state index in [1.54, 1.807) is 0 Å². The van der Waals surface area contributed by atoms with Crippen molar-refractivity contribution < 1.29 is 14.2 Å². The van der Waals surface area contributed by atoms with Crippen molar-refractivity contribution in [1.29, 1.82) is 0 Å². The molecule has 1 fully saturated rings. The van der Waals surface area contributed by atoms with Gasteiger partial charge in [0.1, 0.15) is 13.2 Å². The van der Waals surface area contributed by atoms with Crippen molar-refractivity contribution in [3.8, 4) is 11.5 Å². The maximum atomic E-state index is 6.09. The van der Waals surface area contributed by atoms with Crippen molar-refractivity contribution in [2.75, 3.05) is 19.8 Å². The highest BCUT2D eigenvalue weighted by atomic mass is 16.6. The molecule has 0 bridgehead atoms. The lowest BCUT2D eigenvalue weighted by molar-refractivity contribution is -0.000115. The first-order chi connectivity index (χ1) is 8.34. The number of hydrogen-bond donors (Lipinski definition) is 1. The summed E-state index contributed by atoms with van der Waals surface area (Å²) in [6, 6.07) is 6.02. The van der Waals surface area contributed by atoms with Gasteiger partial charge in [-0.2, -0.15) is 0 Å². The highest BCUT2D eigenvalue weighted by Gasteiger charge is 2.25. The Hall–Kier alpha value is -1.26.